The molecule has 0 N–H and O–H groups in total. The van der Waals surface area contributed by atoms with E-state index < -0.39 is 23.6 Å². The lowest BCUT2D eigenvalue weighted by molar-refractivity contribution is -0.152. The molecule has 0 aromatic heterocycles. The fraction of sp³-hybridized carbons (Fsp3) is 0.500. The average molecular weight is 175 g/mol. The van der Waals surface area contributed by atoms with Crippen molar-refractivity contribution in [2.75, 3.05) is 6.67 Å². The molecule has 0 spiro atoms. The lowest BCUT2D eigenvalue weighted by atomic mass is 10.2. The number of halogens is 4. The molecule has 0 aliphatic rings. The van der Waals surface area contributed by atoms with Crippen molar-refractivity contribution in [3.05, 3.63) is 0 Å². The van der Waals surface area contributed by atoms with E-state index in [1.807, 2.05) is 0 Å². The summed E-state index contributed by atoms with van der Waals surface area (Å²) in [5, 5.41) is -2.16. The molecule has 0 aliphatic carbocycles. The van der Waals surface area contributed by atoms with Crippen LogP contribution in [0.25, 0.3) is 0 Å². The van der Waals surface area contributed by atoms with Crippen molar-refractivity contribution in [3.8, 4) is 0 Å². The Morgan fingerprint density at radius 1 is 1.40 bits per heavy atom. The lowest BCUT2D eigenvalue weighted by Crippen LogP contribution is -2.35. The van der Waals surface area contributed by atoms with Gasteiger partial charge in [-0.15, -0.1) is 0 Å². The van der Waals surface area contributed by atoms with E-state index in [1.54, 1.807) is 0 Å². The SMILES string of the molecule is O=C(Cl)C(F)(F)C(=O)CF. The van der Waals surface area contributed by atoms with Crippen LogP contribution < -0.4 is 0 Å². The molecule has 0 saturated carbocycles. The van der Waals surface area contributed by atoms with Gasteiger partial charge in [-0.2, -0.15) is 8.78 Å². The summed E-state index contributed by atoms with van der Waals surface area (Å²) in [4.78, 5) is 19.5. The maximum absolute atomic E-state index is 11.9. The zero-order chi connectivity index (χ0) is 8.36. The predicted octanol–water partition coefficient (Wildman–Crippen LogP) is 0.926. The summed E-state index contributed by atoms with van der Waals surface area (Å²) in [5.41, 5.74) is 0. The zero-order valence-corrected chi connectivity index (χ0v) is 5.29. The average Bonchev–Trinajstić information content (AvgIpc) is 1.86. The van der Waals surface area contributed by atoms with Crippen molar-refractivity contribution in [3.63, 3.8) is 0 Å². The second-order valence-electron chi connectivity index (χ2n) is 1.40. The smallest absolute Gasteiger partial charge is 0.289 e. The largest absolute Gasteiger partial charge is 0.379 e. The molecule has 0 fully saturated rings. The van der Waals surface area contributed by atoms with E-state index in [-0.39, 0.29) is 0 Å². The van der Waals surface area contributed by atoms with Crippen LogP contribution in [-0.2, 0) is 9.59 Å². The number of alkyl halides is 3. The third-order valence-electron chi connectivity index (χ3n) is 0.718. The van der Waals surface area contributed by atoms with E-state index in [4.69, 9.17) is 0 Å². The van der Waals surface area contributed by atoms with Crippen LogP contribution in [0, 0.1) is 0 Å². The van der Waals surface area contributed by atoms with Crippen LogP contribution in [0.3, 0.4) is 0 Å². The summed E-state index contributed by atoms with van der Waals surface area (Å²) in [6.45, 7) is -1.90. The van der Waals surface area contributed by atoms with Gasteiger partial charge in [-0.3, -0.25) is 9.59 Å². The molecular weight excluding hydrogens is 172 g/mol. The van der Waals surface area contributed by atoms with E-state index in [9.17, 15) is 22.8 Å². The Bertz CT molecular complexity index is 168. The Balaban J connectivity index is 4.40. The van der Waals surface area contributed by atoms with Crippen molar-refractivity contribution in [2.24, 2.45) is 0 Å². The Morgan fingerprint density at radius 2 is 1.80 bits per heavy atom. The number of hydrogen-bond acceptors (Lipinski definition) is 2. The standard InChI is InChI=1S/C4H2ClF3O2/c5-3(10)4(7,8)2(9)1-6/h1H2. The van der Waals surface area contributed by atoms with E-state index in [2.05, 4.69) is 11.6 Å². The van der Waals surface area contributed by atoms with E-state index in [1.165, 1.54) is 0 Å². The maximum Gasteiger partial charge on any atom is 0.379 e. The van der Waals surface area contributed by atoms with Gasteiger partial charge in [0.05, 0.1) is 0 Å². The highest BCUT2D eigenvalue weighted by molar-refractivity contribution is 6.67. The minimum Gasteiger partial charge on any atom is -0.289 e. The number of carbonyl (C=O) groups excluding carboxylic acids is 2. The van der Waals surface area contributed by atoms with Crippen molar-refractivity contribution in [1.29, 1.82) is 0 Å². The monoisotopic (exact) mass is 174 g/mol. The third-order valence-corrected chi connectivity index (χ3v) is 0.956. The molecule has 0 saturated heterocycles. The van der Waals surface area contributed by atoms with Crippen LogP contribution in [0.15, 0.2) is 0 Å². The number of rotatable bonds is 3. The minimum atomic E-state index is -4.38. The number of ketones is 1. The van der Waals surface area contributed by atoms with Crippen LogP contribution in [-0.4, -0.2) is 23.6 Å². The molecule has 0 rings (SSSR count). The first-order chi connectivity index (χ1) is 4.42. The van der Waals surface area contributed by atoms with Gasteiger partial charge in [0.2, 0.25) is 5.78 Å². The second-order valence-corrected chi connectivity index (χ2v) is 1.75. The summed E-state index contributed by atoms with van der Waals surface area (Å²) < 4.78 is 34.9. The predicted molar refractivity (Wildman–Crippen MR) is 26.8 cm³/mol. The quantitative estimate of drug-likeness (QED) is 0.471. The van der Waals surface area contributed by atoms with E-state index in [0.29, 0.717) is 0 Å². The van der Waals surface area contributed by atoms with Crippen LogP contribution in [0.2, 0.25) is 0 Å². The molecule has 0 aromatic rings. The fourth-order valence-corrected chi connectivity index (χ4v) is 0.299. The van der Waals surface area contributed by atoms with Crippen molar-refractivity contribution in [2.45, 2.75) is 5.92 Å². The molecule has 6 heteroatoms. The van der Waals surface area contributed by atoms with Crippen molar-refractivity contribution >= 4 is 22.6 Å². The van der Waals surface area contributed by atoms with Crippen LogP contribution >= 0.6 is 11.6 Å². The lowest BCUT2D eigenvalue weighted by Gasteiger charge is -2.05. The Morgan fingerprint density at radius 3 is 1.90 bits per heavy atom. The molecule has 2 nitrogen and oxygen atoms in total. The summed E-state index contributed by atoms with van der Waals surface area (Å²) >= 11 is 4.27. The van der Waals surface area contributed by atoms with E-state index >= 15 is 0 Å². The summed E-state index contributed by atoms with van der Waals surface area (Å²) in [6.07, 6.45) is 0. The highest BCUT2D eigenvalue weighted by Gasteiger charge is 2.45. The maximum atomic E-state index is 11.9. The molecule has 0 aliphatic heterocycles. The Labute approximate surface area is 59.0 Å². The fourth-order valence-electron chi connectivity index (χ4n) is 0.194. The van der Waals surface area contributed by atoms with Gasteiger partial charge in [0.25, 0.3) is 5.24 Å². The normalized spacial score (nSPS) is 11.2. The first-order valence-electron chi connectivity index (χ1n) is 2.10. The summed E-state index contributed by atoms with van der Waals surface area (Å²) in [7, 11) is 0. The number of Topliss-reactive ketones (excluding diaryl/α,β-unsaturated/α-hetero) is 1. The third kappa shape index (κ3) is 1.70. The van der Waals surface area contributed by atoms with E-state index in [0.717, 1.165) is 0 Å². The van der Waals surface area contributed by atoms with Gasteiger partial charge < -0.3 is 0 Å². The summed E-state index contributed by atoms with van der Waals surface area (Å²) in [5.74, 6) is -6.50. The number of hydrogen-bond donors (Lipinski definition) is 0. The highest BCUT2D eigenvalue weighted by atomic mass is 35.5. The minimum absolute atomic E-state index is 1.90. The molecule has 0 radical (unpaired) electrons. The van der Waals surface area contributed by atoms with Gasteiger partial charge >= 0.3 is 5.92 Å². The van der Waals surface area contributed by atoms with Crippen LogP contribution in [0.1, 0.15) is 0 Å². The van der Waals surface area contributed by atoms with Gasteiger partial charge in [-0.05, 0) is 11.6 Å². The molecule has 0 unspecified atom stereocenters. The first kappa shape index (κ1) is 9.42. The zero-order valence-electron chi connectivity index (χ0n) is 4.54. The van der Waals surface area contributed by atoms with Crippen LogP contribution in [0.4, 0.5) is 13.2 Å². The van der Waals surface area contributed by atoms with Gasteiger partial charge in [-0.25, -0.2) is 4.39 Å². The molecule has 0 atom stereocenters. The van der Waals surface area contributed by atoms with Crippen molar-refractivity contribution in [1.82, 2.24) is 0 Å². The summed E-state index contributed by atoms with van der Waals surface area (Å²) in [6, 6.07) is 0. The van der Waals surface area contributed by atoms with Gasteiger partial charge in [0.15, 0.2) is 6.67 Å². The number of carbonyl (C=O) groups is 2. The molecule has 10 heavy (non-hydrogen) atoms. The second kappa shape index (κ2) is 3.01. The Kier molecular flexibility index (Phi) is 2.83. The van der Waals surface area contributed by atoms with Crippen LogP contribution in [0.5, 0.6) is 0 Å². The molecule has 0 heterocycles. The first-order valence-corrected chi connectivity index (χ1v) is 2.47. The topological polar surface area (TPSA) is 34.1 Å². The highest BCUT2D eigenvalue weighted by Crippen LogP contribution is 2.18. The van der Waals surface area contributed by atoms with Gasteiger partial charge in [-0.1, -0.05) is 0 Å². The molecule has 0 aromatic carbocycles. The molecule has 0 bridgehead atoms. The van der Waals surface area contributed by atoms with Gasteiger partial charge in [0.1, 0.15) is 0 Å². The molecule has 58 valence electrons. The molecular formula is C4H2ClF3O2. The van der Waals surface area contributed by atoms with Crippen molar-refractivity contribution < 1.29 is 22.8 Å². The van der Waals surface area contributed by atoms with Gasteiger partial charge in [0, 0.05) is 0 Å². The Hall–Kier alpha value is -0.580. The molecule has 0 amide bonds.